The molecule has 4 nitrogen and oxygen atoms in total. The number of β-amino-alcohol motifs (C(OH)–C–C–N with tert-alkyl or cyclic N) is 1. The third-order valence-corrected chi connectivity index (χ3v) is 5.06. The number of amides is 1. The number of carbonyl (C=O) groups excluding carboxylic acids is 1. The van der Waals surface area contributed by atoms with Crippen LogP contribution in [0.15, 0.2) is 36.4 Å². The molecule has 0 bridgehead atoms. The second kappa shape index (κ2) is 7.15. The van der Waals surface area contributed by atoms with Crippen molar-refractivity contribution in [1.82, 2.24) is 4.90 Å². The van der Waals surface area contributed by atoms with Crippen LogP contribution >= 0.6 is 11.3 Å². The maximum atomic E-state index is 12.6. The number of carbonyl (C=O) groups is 1. The van der Waals surface area contributed by atoms with Gasteiger partial charge in [0.2, 0.25) is 0 Å². The van der Waals surface area contributed by atoms with Crippen LogP contribution in [0.5, 0.6) is 0 Å². The van der Waals surface area contributed by atoms with Gasteiger partial charge in [-0.2, -0.15) is 0 Å². The number of benzene rings is 1. The molecule has 1 aromatic carbocycles. The number of hydrogen-bond donors (Lipinski definition) is 2. The molecule has 1 aliphatic heterocycles. The molecule has 0 radical (unpaired) electrons. The van der Waals surface area contributed by atoms with Crippen LogP contribution in [0, 0.1) is 6.92 Å². The standard InChI is InChI=1S/C18H22N2O2S/c1-13-7-8-17(23-13)11-19-15-5-2-4-14(10-15)18(22)20-9-3-6-16(21)12-20/h2,4-5,7-8,10,16,19,21H,3,6,9,11-12H2,1H3. The first-order valence-electron chi connectivity index (χ1n) is 7.98. The van der Waals surface area contributed by atoms with Crippen LogP contribution in [0.3, 0.4) is 0 Å². The summed E-state index contributed by atoms with van der Waals surface area (Å²) in [6.07, 6.45) is 1.25. The number of nitrogens with one attached hydrogen (secondary N) is 1. The molecule has 122 valence electrons. The summed E-state index contributed by atoms with van der Waals surface area (Å²) in [6, 6.07) is 11.8. The lowest BCUT2D eigenvalue weighted by atomic mass is 10.1. The van der Waals surface area contributed by atoms with Gasteiger partial charge in [0.15, 0.2) is 0 Å². The lowest BCUT2D eigenvalue weighted by Gasteiger charge is -2.30. The van der Waals surface area contributed by atoms with Crippen LogP contribution in [0.2, 0.25) is 0 Å². The molecule has 0 aliphatic carbocycles. The predicted molar refractivity (Wildman–Crippen MR) is 94.0 cm³/mol. The van der Waals surface area contributed by atoms with E-state index < -0.39 is 6.10 Å². The number of rotatable bonds is 4. The van der Waals surface area contributed by atoms with E-state index in [1.807, 2.05) is 24.3 Å². The summed E-state index contributed by atoms with van der Waals surface area (Å²) in [7, 11) is 0. The van der Waals surface area contributed by atoms with Gasteiger partial charge >= 0.3 is 0 Å². The minimum absolute atomic E-state index is 0.000585. The van der Waals surface area contributed by atoms with Gasteiger partial charge in [0.25, 0.3) is 5.91 Å². The highest BCUT2D eigenvalue weighted by Gasteiger charge is 2.23. The molecule has 1 unspecified atom stereocenters. The molecule has 5 heteroatoms. The Hall–Kier alpha value is -1.85. The largest absolute Gasteiger partial charge is 0.391 e. The number of anilines is 1. The van der Waals surface area contributed by atoms with Crippen LogP contribution in [0.25, 0.3) is 0 Å². The number of aliphatic hydroxyl groups excluding tert-OH is 1. The van der Waals surface area contributed by atoms with Gasteiger partial charge in [-0.15, -0.1) is 11.3 Å². The molecule has 1 amide bonds. The first-order valence-corrected chi connectivity index (χ1v) is 8.80. The molecular formula is C18H22N2O2S. The van der Waals surface area contributed by atoms with Crippen LogP contribution in [-0.2, 0) is 6.54 Å². The monoisotopic (exact) mass is 330 g/mol. The van der Waals surface area contributed by atoms with E-state index in [1.165, 1.54) is 9.75 Å². The summed E-state index contributed by atoms with van der Waals surface area (Å²) in [5.41, 5.74) is 1.62. The zero-order chi connectivity index (χ0) is 16.2. The molecular weight excluding hydrogens is 308 g/mol. The SMILES string of the molecule is Cc1ccc(CNc2cccc(C(=O)N3CCCC(O)C3)c2)s1. The fourth-order valence-electron chi connectivity index (χ4n) is 2.85. The van der Waals surface area contributed by atoms with Gasteiger partial charge in [-0.05, 0) is 50.1 Å². The number of aryl methyl sites for hydroxylation is 1. The van der Waals surface area contributed by atoms with Gasteiger partial charge in [0, 0.05) is 40.6 Å². The average molecular weight is 330 g/mol. The molecule has 1 saturated heterocycles. The van der Waals surface area contributed by atoms with Crippen molar-refractivity contribution in [2.45, 2.75) is 32.4 Å². The normalized spacial score (nSPS) is 18.0. The minimum Gasteiger partial charge on any atom is -0.391 e. The molecule has 23 heavy (non-hydrogen) atoms. The van der Waals surface area contributed by atoms with Crippen molar-refractivity contribution in [3.8, 4) is 0 Å². The minimum atomic E-state index is -0.393. The van der Waals surface area contributed by atoms with Gasteiger partial charge in [0.1, 0.15) is 0 Å². The Morgan fingerprint density at radius 1 is 1.39 bits per heavy atom. The highest BCUT2D eigenvalue weighted by molar-refractivity contribution is 7.11. The fourth-order valence-corrected chi connectivity index (χ4v) is 3.68. The lowest BCUT2D eigenvalue weighted by Crippen LogP contribution is -2.42. The zero-order valence-corrected chi connectivity index (χ0v) is 14.1. The van der Waals surface area contributed by atoms with Crippen LogP contribution in [-0.4, -0.2) is 35.1 Å². The van der Waals surface area contributed by atoms with E-state index in [2.05, 4.69) is 24.4 Å². The number of hydrogen-bond acceptors (Lipinski definition) is 4. The molecule has 0 spiro atoms. The number of thiophene rings is 1. The molecule has 2 N–H and O–H groups in total. The third-order valence-electron chi connectivity index (χ3n) is 4.06. The molecule has 2 heterocycles. The maximum Gasteiger partial charge on any atom is 0.254 e. The fraction of sp³-hybridized carbons (Fsp3) is 0.389. The zero-order valence-electron chi connectivity index (χ0n) is 13.3. The molecule has 3 rings (SSSR count). The summed E-state index contributed by atoms with van der Waals surface area (Å²) in [6.45, 7) is 4.02. The summed E-state index contributed by atoms with van der Waals surface area (Å²) in [5, 5.41) is 13.1. The van der Waals surface area contributed by atoms with E-state index in [9.17, 15) is 9.90 Å². The van der Waals surface area contributed by atoms with Gasteiger partial charge in [-0.3, -0.25) is 4.79 Å². The molecule has 1 atom stereocenters. The number of likely N-dealkylation sites (tertiary alicyclic amines) is 1. The Morgan fingerprint density at radius 2 is 2.26 bits per heavy atom. The Labute approximate surface area is 140 Å². The van der Waals surface area contributed by atoms with E-state index in [0.29, 0.717) is 12.1 Å². The Bertz CT molecular complexity index is 683. The van der Waals surface area contributed by atoms with E-state index in [0.717, 1.165) is 31.6 Å². The van der Waals surface area contributed by atoms with Gasteiger partial charge in [0.05, 0.1) is 6.10 Å². The lowest BCUT2D eigenvalue weighted by molar-refractivity contribution is 0.0474. The first-order chi connectivity index (χ1) is 11.1. The summed E-state index contributed by atoms with van der Waals surface area (Å²) >= 11 is 1.77. The van der Waals surface area contributed by atoms with Crippen molar-refractivity contribution in [1.29, 1.82) is 0 Å². The van der Waals surface area contributed by atoms with Crippen LogP contribution in [0.1, 0.15) is 33.0 Å². The topological polar surface area (TPSA) is 52.6 Å². The van der Waals surface area contributed by atoms with Crippen molar-refractivity contribution in [2.75, 3.05) is 18.4 Å². The second-order valence-corrected chi connectivity index (χ2v) is 7.37. The summed E-state index contributed by atoms with van der Waals surface area (Å²) < 4.78 is 0. The molecule has 1 aromatic heterocycles. The van der Waals surface area contributed by atoms with Gasteiger partial charge in [-0.25, -0.2) is 0 Å². The summed E-state index contributed by atoms with van der Waals surface area (Å²) in [5.74, 6) is -0.000585. The van der Waals surface area contributed by atoms with Crippen molar-refractivity contribution < 1.29 is 9.90 Å². The predicted octanol–water partition coefficient (Wildman–Crippen LogP) is 3.27. The number of piperidine rings is 1. The Morgan fingerprint density at radius 3 is 3.00 bits per heavy atom. The van der Waals surface area contributed by atoms with Gasteiger partial charge < -0.3 is 15.3 Å². The van der Waals surface area contributed by atoms with Crippen LogP contribution in [0.4, 0.5) is 5.69 Å². The highest BCUT2D eigenvalue weighted by atomic mass is 32.1. The van der Waals surface area contributed by atoms with Crippen molar-refractivity contribution in [3.05, 3.63) is 51.7 Å². The van der Waals surface area contributed by atoms with Crippen molar-refractivity contribution >= 4 is 22.9 Å². The Balaban J connectivity index is 1.65. The third kappa shape index (κ3) is 4.12. The van der Waals surface area contributed by atoms with E-state index >= 15 is 0 Å². The van der Waals surface area contributed by atoms with Gasteiger partial charge in [-0.1, -0.05) is 6.07 Å². The second-order valence-electron chi connectivity index (χ2n) is 5.99. The Kier molecular flexibility index (Phi) is 4.98. The van der Waals surface area contributed by atoms with E-state index in [4.69, 9.17) is 0 Å². The molecule has 0 saturated carbocycles. The van der Waals surface area contributed by atoms with E-state index in [-0.39, 0.29) is 5.91 Å². The molecule has 1 aliphatic rings. The highest BCUT2D eigenvalue weighted by Crippen LogP contribution is 2.19. The number of nitrogens with zero attached hydrogens (tertiary/aromatic N) is 1. The van der Waals surface area contributed by atoms with E-state index in [1.54, 1.807) is 16.2 Å². The summed E-state index contributed by atoms with van der Waals surface area (Å²) in [4.78, 5) is 16.9. The van der Waals surface area contributed by atoms with Crippen molar-refractivity contribution in [3.63, 3.8) is 0 Å². The molecule has 1 fully saturated rings. The quantitative estimate of drug-likeness (QED) is 0.905. The van der Waals surface area contributed by atoms with Crippen LogP contribution < -0.4 is 5.32 Å². The maximum absolute atomic E-state index is 12.6. The first kappa shape index (κ1) is 16.0. The average Bonchev–Trinajstić information content (AvgIpc) is 2.98. The molecule has 2 aromatic rings. The van der Waals surface area contributed by atoms with Crippen molar-refractivity contribution in [2.24, 2.45) is 0 Å². The smallest absolute Gasteiger partial charge is 0.254 e. The number of aliphatic hydroxyl groups is 1.